The van der Waals surface area contributed by atoms with E-state index in [9.17, 15) is 0 Å². The zero-order chi connectivity index (χ0) is 13.1. The number of anilines is 1. The molecule has 0 spiro atoms. The summed E-state index contributed by atoms with van der Waals surface area (Å²) < 4.78 is 1.92. The Balaban J connectivity index is 2.26. The van der Waals surface area contributed by atoms with Gasteiger partial charge in [-0.05, 0) is 23.6 Å². The molecule has 2 rings (SSSR count). The van der Waals surface area contributed by atoms with Crippen molar-refractivity contribution in [1.82, 2.24) is 9.78 Å². The SMILES string of the molecule is CC(C)c1c(N)cnn1Cc1ccc(C#N)cc1. The molecule has 2 aromatic rings. The first kappa shape index (κ1) is 12.2. The zero-order valence-corrected chi connectivity index (χ0v) is 10.6. The highest BCUT2D eigenvalue weighted by molar-refractivity contribution is 5.43. The number of nitrogen functional groups attached to an aromatic ring is 1. The third kappa shape index (κ3) is 2.35. The van der Waals surface area contributed by atoms with Gasteiger partial charge in [0.2, 0.25) is 0 Å². The quantitative estimate of drug-likeness (QED) is 0.896. The van der Waals surface area contributed by atoms with E-state index in [1.165, 1.54) is 0 Å². The van der Waals surface area contributed by atoms with Crippen molar-refractivity contribution in [1.29, 1.82) is 5.26 Å². The third-order valence-corrected chi connectivity index (χ3v) is 2.87. The van der Waals surface area contributed by atoms with E-state index >= 15 is 0 Å². The molecule has 0 aliphatic carbocycles. The number of aromatic nitrogens is 2. The van der Waals surface area contributed by atoms with Crippen LogP contribution in [0.3, 0.4) is 0 Å². The zero-order valence-electron chi connectivity index (χ0n) is 10.6. The van der Waals surface area contributed by atoms with Gasteiger partial charge in [-0.15, -0.1) is 0 Å². The van der Waals surface area contributed by atoms with Gasteiger partial charge in [-0.1, -0.05) is 26.0 Å². The largest absolute Gasteiger partial charge is 0.396 e. The first-order valence-electron chi connectivity index (χ1n) is 5.92. The molecule has 4 nitrogen and oxygen atoms in total. The van der Waals surface area contributed by atoms with Crippen LogP contribution in [-0.4, -0.2) is 9.78 Å². The van der Waals surface area contributed by atoms with Gasteiger partial charge in [0.25, 0.3) is 0 Å². The number of nitrogens with zero attached hydrogens (tertiary/aromatic N) is 3. The Labute approximate surface area is 107 Å². The lowest BCUT2D eigenvalue weighted by atomic mass is 10.1. The smallest absolute Gasteiger partial charge is 0.0991 e. The summed E-state index contributed by atoms with van der Waals surface area (Å²) in [6.45, 7) is 4.88. The Morgan fingerprint density at radius 3 is 2.56 bits per heavy atom. The summed E-state index contributed by atoms with van der Waals surface area (Å²) in [4.78, 5) is 0. The molecule has 0 unspecified atom stereocenters. The number of nitriles is 1. The van der Waals surface area contributed by atoms with Crippen molar-refractivity contribution in [3.8, 4) is 6.07 Å². The predicted molar refractivity (Wildman–Crippen MR) is 71.0 cm³/mol. The van der Waals surface area contributed by atoms with Crippen LogP contribution in [0.1, 0.15) is 36.6 Å². The molecule has 2 N–H and O–H groups in total. The van der Waals surface area contributed by atoms with E-state index in [0.29, 0.717) is 18.0 Å². The van der Waals surface area contributed by atoms with E-state index in [1.807, 2.05) is 28.9 Å². The monoisotopic (exact) mass is 240 g/mol. The fraction of sp³-hybridized carbons (Fsp3) is 0.286. The molecule has 0 radical (unpaired) electrons. The van der Waals surface area contributed by atoms with Crippen molar-refractivity contribution >= 4 is 5.69 Å². The Hall–Kier alpha value is -2.28. The van der Waals surface area contributed by atoms with E-state index < -0.39 is 0 Å². The minimum absolute atomic E-state index is 0.339. The van der Waals surface area contributed by atoms with Crippen LogP contribution in [0.4, 0.5) is 5.69 Å². The van der Waals surface area contributed by atoms with Gasteiger partial charge in [0.05, 0.1) is 35.8 Å². The molecule has 0 amide bonds. The molecule has 1 aromatic heterocycles. The van der Waals surface area contributed by atoms with Gasteiger partial charge >= 0.3 is 0 Å². The van der Waals surface area contributed by atoms with Crippen molar-refractivity contribution in [2.24, 2.45) is 0 Å². The molecule has 92 valence electrons. The Kier molecular flexibility index (Phi) is 3.33. The third-order valence-electron chi connectivity index (χ3n) is 2.87. The van der Waals surface area contributed by atoms with Crippen molar-refractivity contribution < 1.29 is 0 Å². The summed E-state index contributed by atoms with van der Waals surface area (Å²) in [6.07, 6.45) is 1.69. The van der Waals surface area contributed by atoms with E-state index in [4.69, 9.17) is 11.0 Å². The molecule has 1 aromatic carbocycles. The molecular formula is C14H16N4. The van der Waals surface area contributed by atoms with Crippen LogP contribution in [0.25, 0.3) is 0 Å². The second-order valence-corrected chi connectivity index (χ2v) is 4.61. The van der Waals surface area contributed by atoms with Gasteiger partial charge < -0.3 is 5.73 Å². The van der Waals surface area contributed by atoms with E-state index in [1.54, 1.807) is 6.20 Å². The van der Waals surface area contributed by atoms with Gasteiger partial charge in [0.15, 0.2) is 0 Å². The van der Waals surface area contributed by atoms with Crippen molar-refractivity contribution in [2.45, 2.75) is 26.3 Å². The number of nitrogens with two attached hydrogens (primary N) is 1. The van der Waals surface area contributed by atoms with Crippen LogP contribution in [0.2, 0.25) is 0 Å². The first-order chi connectivity index (χ1) is 8.61. The maximum Gasteiger partial charge on any atom is 0.0991 e. The molecule has 0 aliphatic rings. The van der Waals surface area contributed by atoms with Crippen molar-refractivity contribution in [3.05, 3.63) is 47.3 Å². The summed E-state index contributed by atoms with van der Waals surface area (Å²) in [5.41, 5.74) is 9.48. The Bertz CT molecular complexity index is 573. The van der Waals surface area contributed by atoms with E-state index in [2.05, 4.69) is 25.0 Å². The highest BCUT2D eigenvalue weighted by Gasteiger charge is 2.12. The van der Waals surface area contributed by atoms with Crippen LogP contribution >= 0.6 is 0 Å². The molecule has 18 heavy (non-hydrogen) atoms. The molecule has 0 saturated heterocycles. The van der Waals surface area contributed by atoms with Crippen LogP contribution < -0.4 is 5.73 Å². The molecule has 0 saturated carbocycles. The van der Waals surface area contributed by atoms with E-state index in [-0.39, 0.29) is 0 Å². The molecule has 4 heteroatoms. The van der Waals surface area contributed by atoms with Crippen LogP contribution in [0, 0.1) is 11.3 Å². The Morgan fingerprint density at radius 2 is 2.00 bits per heavy atom. The summed E-state index contributed by atoms with van der Waals surface area (Å²) in [7, 11) is 0. The number of hydrogen-bond acceptors (Lipinski definition) is 3. The molecule has 0 aliphatic heterocycles. The topological polar surface area (TPSA) is 67.6 Å². The molecule has 0 bridgehead atoms. The van der Waals surface area contributed by atoms with Gasteiger partial charge in [0.1, 0.15) is 0 Å². The lowest BCUT2D eigenvalue weighted by Crippen LogP contribution is -2.08. The minimum Gasteiger partial charge on any atom is -0.396 e. The summed E-state index contributed by atoms with van der Waals surface area (Å²) in [5, 5.41) is 13.1. The van der Waals surface area contributed by atoms with Gasteiger partial charge in [-0.3, -0.25) is 4.68 Å². The minimum atomic E-state index is 0.339. The second-order valence-electron chi connectivity index (χ2n) is 4.61. The fourth-order valence-corrected chi connectivity index (χ4v) is 2.02. The maximum absolute atomic E-state index is 8.75. The summed E-state index contributed by atoms with van der Waals surface area (Å²) >= 11 is 0. The fourth-order valence-electron chi connectivity index (χ4n) is 2.02. The Morgan fingerprint density at radius 1 is 1.33 bits per heavy atom. The average Bonchev–Trinajstić information content (AvgIpc) is 2.71. The first-order valence-corrected chi connectivity index (χ1v) is 5.92. The number of benzene rings is 1. The van der Waals surface area contributed by atoms with Gasteiger partial charge in [0, 0.05) is 0 Å². The van der Waals surface area contributed by atoms with Crippen molar-refractivity contribution in [3.63, 3.8) is 0 Å². The molecule has 0 atom stereocenters. The van der Waals surface area contributed by atoms with E-state index in [0.717, 1.165) is 16.9 Å². The maximum atomic E-state index is 8.75. The lowest BCUT2D eigenvalue weighted by Gasteiger charge is -2.11. The predicted octanol–water partition coefficient (Wildman–Crippen LogP) is 2.51. The number of hydrogen-bond donors (Lipinski definition) is 1. The van der Waals surface area contributed by atoms with Crippen LogP contribution in [0.5, 0.6) is 0 Å². The van der Waals surface area contributed by atoms with Crippen LogP contribution in [0.15, 0.2) is 30.5 Å². The normalized spacial score (nSPS) is 10.6. The summed E-state index contributed by atoms with van der Waals surface area (Å²) in [5.74, 6) is 0.339. The number of rotatable bonds is 3. The second kappa shape index (κ2) is 4.92. The van der Waals surface area contributed by atoms with Crippen molar-refractivity contribution in [2.75, 3.05) is 5.73 Å². The highest BCUT2D eigenvalue weighted by Crippen LogP contribution is 2.22. The molecule has 0 fully saturated rings. The lowest BCUT2D eigenvalue weighted by molar-refractivity contribution is 0.618. The van der Waals surface area contributed by atoms with Gasteiger partial charge in [-0.2, -0.15) is 10.4 Å². The molecular weight excluding hydrogens is 224 g/mol. The molecule has 1 heterocycles. The van der Waals surface area contributed by atoms with Crippen LogP contribution in [-0.2, 0) is 6.54 Å². The highest BCUT2D eigenvalue weighted by atomic mass is 15.3. The summed E-state index contributed by atoms with van der Waals surface area (Å²) in [6, 6.07) is 9.63. The standard InChI is InChI=1S/C14H16N4/c1-10(2)14-13(16)8-17-18(14)9-12-5-3-11(7-15)4-6-12/h3-6,8,10H,9,16H2,1-2H3. The van der Waals surface area contributed by atoms with Gasteiger partial charge in [-0.25, -0.2) is 0 Å². The average molecular weight is 240 g/mol.